The highest BCUT2D eigenvalue weighted by Crippen LogP contribution is 2.29. The largest absolute Gasteiger partial charge is 0.480 e. The van der Waals surface area contributed by atoms with Crippen molar-refractivity contribution in [2.75, 3.05) is 19.6 Å². The van der Waals surface area contributed by atoms with Crippen LogP contribution in [0.1, 0.15) is 31.7 Å². The third-order valence-electron chi connectivity index (χ3n) is 4.41. The highest BCUT2D eigenvalue weighted by Gasteiger charge is 2.33. The summed E-state index contributed by atoms with van der Waals surface area (Å²) in [6, 6.07) is 8.51. The number of para-hydroxylation sites is 1. The number of carbonyl (C=O) groups excluding carboxylic acids is 1. The van der Waals surface area contributed by atoms with E-state index in [0.717, 1.165) is 50.2 Å². The molecule has 1 amide bonds. The minimum absolute atomic E-state index is 0.153. The molecule has 114 valence electrons. The Morgan fingerprint density at radius 3 is 2.81 bits per heavy atom. The maximum Gasteiger partial charge on any atom is 0.263 e. The lowest BCUT2D eigenvalue weighted by atomic mass is 10.0. The first-order valence-electron chi connectivity index (χ1n) is 8.04. The van der Waals surface area contributed by atoms with E-state index >= 15 is 0 Å². The summed E-state index contributed by atoms with van der Waals surface area (Å²) < 4.78 is 5.81. The van der Waals surface area contributed by atoms with Gasteiger partial charge in [0.2, 0.25) is 0 Å². The van der Waals surface area contributed by atoms with Crippen molar-refractivity contribution in [1.82, 2.24) is 10.2 Å². The second-order valence-corrected chi connectivity index (χ2v) is 5.97. The van der Waals surface area contributed by atoms with Crippen molar-refractivity contribution >= 4 is 5.91 Å². The van der Waals surface area contributed by atoms with Crippen LogP contribution in [0.25, 0.3) is 0 Å². The summed E-state index contributed by atoms with van der Waals surface area (Å²) >= 11 is 0. The van der Waals surface area contributed by atoms with Crippen LogP contribution < -0.4 is 10.1 Å². The number of fused-ring (bicyclic) bond motifs is 1. The first-order chi connectivity index (χ1) is 10.3. The maximum atomic E-state index is 12.6. The van der Waals surface area contributed by atoms with Gasteiger partial charge in [-0.05, 0) is 37.4 Å². The number of nitrogens with one attached hydrogen (secondary N) is 1. The van der Waals surface area contributed by atoms with Gasteiger partial charge in [0, 0.05) is 25.6 Å². The van der Waals surface area contributed by atoms with Crippen molar-refractivity contribution in [3.63, 3.8) is 0 Å². The van der Waals surface area contributed by atoms with Crippen LogP contribution in [0.4, 0.5) is 0 Å². The van der Waals surface area contributed by atoms with Crippen LogP contribution in [-0.2, 0) is 11.2 Å². The maximum absolute atomic E-state index is 12.6. The Balaban J connectivity index is 1.52. The number of nitrogens with zero attached hydrogens (tertiary/aromatic N) is 1. The lowest BCUT2D eigenvalue weighted by molar-refractivity contribution is -0.139. The van der Waals surface area contributed by atoms with Crippen molar-refractivity contribution in [2.24, 2.45) is 0 Å². The summed E-state index contributed by atoms with van der Waals surface area (Å²) in [5.41, 5.74) is 1.15. The SMILES string of the molecule is CCCNC1CCN(C(=O)C2Cc3ccccc3O2)CC1. The number of likely N-dealkylation sites (tertiary alicyclic amines) is 1. The molecule has 2 heterocycles. The Hall–Kier alpha value is -1.55. The fourth-order valence-corrected chi connectivity index (χ4v) is 3.18. The number of rotatable bonds is 4. The first kappa shape index (κ1) is 14.4. The normalized spacial score (nSPS) is 22.0. The Labute approximate surface area is 126 Å². The van der Waals surface area contributed by atoms with E-state index in [1.165, 1.54) is 0 Å². The number of amides is 1. The summed E-state index contributed by atoms with van der Waals surface area (Å²) in [7, 11) is 0. The molecule has 4 nitrogen and oxygen atoms in total. The highest BCUT2D eigenvalue weighted by atomic mass is 16.5. The Kier molecular flexibility index (Phi) is 4.44. The van der Waals surface area contributed by atoms with Gasteiger partial charge < -0.3 is 15.0 Å². The molecule has 4 heteroatoms. The van der Waals surface area contributed by atoms with Gasteiger partial charge in [0.15, 0.2) is 6.10 Å². The molecule has 1 unspecified atom stereocenters. The molecule has 0 spiro atoms. The van der Waals surface area contributed by atoms with E-state index in [9.17, 15) is 4.79 Å². The number of ether oxygens (including phenoxy) is 1. The molecule has 0 bridgehead atoms. The monoisotopic (exact) mass is 288 g/mol. The molecule has 0 radical (unpaired) electrons. The summed E-state index contributed by atoms with van der Waals surface area (Å²) in [5.74, 6) is 1.02. The van der Waals surface area contributed by atoms with E-state index in [-0.39, 0.29) is 12.0 Å². The molecule has 2 aliphatic heterocycles. The van der Waals surface area contributed by atoms with Crippen molar-refractivity contribution in [3.05, 3.63) is 29.8 Å². The van der Waals surface area contributed by atoms with Gasteiger partial charge in [0.05, 0.1) is 0 Å². The second-order valence-electron chi connectivity index (χ2n) is 5.97. The third-order valence-corrected chi connectivity index (χ3v) is 4.41. The van der Waals surface area contributed by atoms with E-state index in [1.807, 2.05) is 29.2 Å². The summed E-state index contributed by atoms with van der Waals surface area (Å²) in [4.78, 5) is 14.5. The number of piperidine rings is 1. The molecule has 21 heavy (non-hydrogen) atoms. The minimum atomic E-state index is -0.317. The molecule has 0 aromatic heterocycles. The molecular formula is C17H24N2O2. The molecular weight excluding hydrogens is 264 g/mol. The van der Waals surface area contributed by atoms with Gasteiger partial charge in [0.25, 0.3) is 5.91 Å². The fraction of sp³-hybridized carbons (Fsp3) is 0.588. The topological polar surface area (TPSA) is 41.6 Å². The highest BCUT2D eigenvalue weighted by molar-refractivity contribution is 5.82. The molecule has 1 aromatic rings. The molecule has 1 atom stereocenters. The molecule has 1 aromatic carbocycles. The van der Waals surface area contributed by atoms with Crippen LogP contribution in [0.5, 0.6) is 5.75 Å². The second kappa shape index (κ2) is 6.48. The van der Waals surface area contributed by atoms with Crippen LogP contribution in [0, 0.1) is 0 Å². The first-order valence-corrected chi connectivity index (χ1v) is 8.04. The summed E-state index contributed by atoms with van der Waals surface area (Å²) in [6.07, 6.45) is 3.65. The lowest BCUT2D eigenvalue weighted by Crippen LogP contribution is -2.49. The average Bonchev–Trinajstić information content (AvgIpc) is 2.96. The predicted octanol–water partition coefficient (Wildman–Crippen LogP) is 1.98. The van der Waals surface area contributed by atoms with Gasteiger partial charge >= 0.3 is 0 Å². The van der Waals surface area contributed by atoms with Gasteiger partial charge in [-0.3, -0.25) is 4.79 Å². The van der Waals surface area contributed by atoms with E-state index in [4.69, 9.17) is 4.74 Å². The van der Waals surface area contributed by atoms with Gasteiger partial charge in [-0.25, -0.2) is 0 Å². The van der Waals surface area contributed by atoms with Gasteiger partial charge in [-0.15, -0.1) is 0 Å². The zero-order chi connectivity index (χ0) is 14.7. The van der Waals surface area contributed by atoms with Crippen molar-refractivity contribution in [2.45, 2.75) is 44.8 Å². The van der Waals surface area contributed by atoms with E-state index < -0.39 is 0 Å². The lowest BCUT2D eigenvalue weighted by Gasteiger charge is -2.33. The van der Waals surface area contributed by atoms with Crippen molar-refractivity contribution < 1.29 is 9.53 Å². The molecule has 3 rings (SSSR count). The summed E-state index contributed by atoms with van der Waals surface area (Å²) in [6.45, 7) is 4.94. The van der Waals surface area contributed by atoms with Crippen molar-refractivity contribution in [3.8, 4) is 5.75 Å². The van der Waals surface area contributed by atoms with Gasteiger partial charge in [-0.2, -0.15) is 0 Å². The van der Waals surface area contributed by atoms with Gasteiger partial charge in [0.1, 0.15) is 5.75 Å². The molecule has 1 N–H and O–H groups in total. The number of benzene rings is 1. The zero-order valence-corrected chi connectivity index (χ0v) is 12.7. The van der Waals surface area contributed by atoms with Crippen molar-refractivity contribution in [1.29, 1.82) is 0 Å². The van der Waals surface area contributed by atoms with Crippen LogP contribution in [0.3, 0.4) is 0 Å². The average molecular weight is 288 g/mol. The number of carbonyl (C=O) groups is 1. The third kappa shape index (κ3) is 3.21. The Morgan fingerprint density at radius 2 is 2.10 bits per heavy atom. The molecule has 0 saturated carbocycles. The number of hydrogen-bond acceptors (Lipinski definition) is 3. The Morgan fingerprint density at radius 1 is 1.33 bits per heavy atom. The zero-order valence-electron chi connectivity index (χ0n) is 12.7. The minimum Gasteiger partial charge on any atom is -0.480 e. The predicted molar refractivity (Wildman–Crippen MR) is 82.5 cm³/mol. The molecule has 1 saturated heterocycles. The van der Waals surface area contributed by atoms with Crippen LogP contribution >= 0.6 is 0 Å². The smallest absolute Gasteiger partial charge is 0.263 e. The molecule has 2 aliphatic rings. The van der Waals surface area contributed by atoms with E-state index in [0.29, 0.717) is 12.5 Å². The van der Waals surface area contributed by atoms with E-state index in [1.54, 1.807) is 0 Å². The van der Waals surface area contributed by atoms with Crippen LogP contribution in [0.15, 0.2) is 24.3 Å². The molecule has 1 fully saturated rings. The number of hydrogen-bond donors (Lipinski definition) is 1. The standard InChI is InChI=1S/C17H24N2O2/c1-2-9-18-14-7-10-19(11-8-14)17(20)16-12-13-5-3-4-6-15(13)21-16/h3-6,14,16,18H,2,7-12H2,1H3. The fourth-order valence-electron chi connectivity index (χ4n) is 3.18. The molecule has 0 aliphatic carbocycles. The van der Waals surface area contributed by atoms with Crippen LogP contribution in [0.2, 0.25) is 0 Å². The van der Waals surface area contributed by atoms with E-state index in [2.05, 4.69) is 12.2 Å². The van der Waals surface area contributed by atoms with Gasteiger partial charge in [-0.1, -0.05) is 25.1 Å². The Bertz CT molecular complexity index is 470. The quantitative estimate of drug-likeness (QED) is 0.921. The van der Waals surface area contributed by atoms with Crippen LogP contribution in [-0.4, -0.2) is 42.6 Å². The summed E-state index contributed by atoms with van der Waals surface area (Å²) in [5, 5.41) is 3.55.